The minimum Gasteiger partial charge on any atom is -0.388 e. The van der Waals surface area contributed by atoms with E-state index in [-0.39, 0.29) is 0 Å². The summed E-state index contributed by atoms with van der Waals surface area (Å²) in [5, 5.41) is 17.0. The highest BCUT2D eigenvalue weighted by Crippen LogP contribution is 2.40. The summed E-state index contributed by atoms with van der Waals surface area (Å²) >= 11 is 0. The zero-order chi connectivity index (χ0) is 14.8. The number of anilines is 2. The molecule has 0 spiro atoms. The third-order valence-electron chi connectivity index (χ3n) is 4.44. The zero-order valence-corrected chi connectivity index (χ0v) is 13.0. The summed E-state index contributed by atoms with van der Waals surface area (Å²) in [5.74, 6) is 1.61. The number of nitrogens with zero attached hydrogens (tertiary/aromatic N) is 2. The molecule has 0 bridgehead atoms. The van der Waals surface area contributed by atoms with Gasteiger partial charge in [-0.15, -0.1) is 0 Å². The Balaban J connectivity index is 1.99. The lowest BCUT2D eigenvalue weighted by Crippen LogP contribution is -2.42. The first-order valence-corrected chi connectivity index (χ1v) is 7.31. The standard InChI is InChI=1S/C15H26N4O/c1-11-12(16-4)18-10-19-13(11)17-9-15(20)7-5-14(2,3)6-8-15/h10,20H,5-9H2,1-4H3,(H2,16,17,18,19). The van der Waals surface area contributed by atoms with Gasteiger partial charge in [-0.05, 0) is 38.0 Å². The van der Waals surface area contributed by atoms with Crippen molar-refractivity contribution in [2.75, 3.05) is 24.2 Å². The fraction of sp³-hybridized carbons (Fsp3) is 0.733. The van der Waals surface area contributed by atoms with Crippen molar-refractivity contribution in [3.8, 4) is 0 Å². The SMILES string of the molecule is CNc1ncnc(NCC2(O)CCC(C)(C)CC2)c1C. The third kappa shape index (κ3) is 3.39. The van der Waals surface area contributed by atoms with Crippen LogP contribution in [0.3, 0.4) is 0 Å². The van der Waals surface area contributed by atoms with Crippen molar-refractivity contribution in [2.24, 2.45) is 5.41 Å². The van der Waals surface area contributed by atoms with Gasteiger partial charge in [0.2, 0.25) is 0 Å². The van der Waals surface area contributed by atoms with Crippen LogP contribution in [-0.4, -0.2) is 34.3 Å². The number of nitrogens with one attached hydrogen (secondary N) is 2. The highest BCUT2D eigenvalue weighted by atomic mass is 16.3. The third-order valence-corrected chi connectivity index (χ3v) is 4.44. The van der Waals surface area contributed by atoms with E-state index in [0.717, 1.165) is 42.9 Å². The minimum absolute atomic E-state index is 0.358. The number of aromatic nitrogens is 2. The number of hydrogen-bond donors (Lipinski definition) is 3. The molecule has 20 heavy (non-hydrogen) atoms. The molecular formula is C15H26N4O. The van der Waals surface area contributed by atoms with Crippen LogP contribution in [0.25, 0.3) is 0 Å². The van der Waals surface area contributed by atoms with Crippen LogP contribution in [-0.2, 0) is 0 Å². The molecule has 2 rings (SSSR count). The Morgan fingerprint density at radius 3 is 2.35 bits per heavy atom. The van der Waals surface area contributed by atoms with Crippen LogP contribution in [0.4, 0.5) is 11.6 Å². The normalized spacial score (nSPS) is 20.4. The van der Waals surface area contributed by atoms with Gasteiger partial charge in [0.05, 0.1) is 5.60 Å². The summed E-state index contributed by atoms with van der Waals surface area (Å²) in [5.41, 5.74) is 0.720. The zero-order valence-electron chi connectivity index (χ0n) is 13.0. The molecule has 112 valence electrons. The average Bonchev–Trinajstić information content (AvgIpc) is 2.42. The van der Waals surface area contributed by atoms with Gasteiger partial charge in [-0.3, -0.25) is 0 Å². The Labute approximate surface area is 121 Å². The molecule has 1 aromatic heterocycles. The molecule has 1 heterocycles. The number of aliphatic hydroxyl groups is 1. The first-order valence-electron chi connectivity index (χ1n) is 7.31. The number of hydrogen-bond acceptors (Lipinski definition) is 5. The first kappa shape index (κ1) is 15.0. The molecule has 1 aliphatic rings. The van der Waals surface area contributed by atoms with Crippen LogP contribution in [0.5, 0.6) is 0 Å². The maximum Gasteiger partial charge on any atom is 0.134 e. The monoisotopic (exact) mass is 278 g/mol. The van der Waals surface area contributed by atoms with Gasteiger partial charge in [-0.25, -0.2) is 9.97 Å². The Kier molecular flexibility index (Phi) is 4.18. The highest BCUT2D eigenvalue weighted by Gasteiger charge is 2.36. The molecule has 0 aliphatic heterocycles. The van der Waals surface area contributed by atoms with E-state index in [4.69, 9.17) is 0 Å². The summed E-state index contributed by atoms with van der Waals surface area (Å²) in [6.45, 7) is 7.06. The molecule has 1 aromatic rings. The molecule has 1 fully saturated rings. The van der Waals surface area contributed by atoms with Crippen LogP contribution in [0.2, 0.25) is 0 Å². The van der Waals surface area contributed by atoms with Crippen molar-refractivity contribution in [3.05, 3.63) is 11.9 Å². The minimum atomic E-state index is -0.618. The Bertz CT molecular complexity index is 463. The van der Waals surface area contributed by atoms with Gasteiger partial charge < -0.3 is 15.7 Å². The highest BCUT2D eigenvalue weighted by molar-refractivity contribution is 5.56. The van der Waals surface area contributed by atoms with Gasteiger partial charge in [0.15, 0.2) is 0 Å². The molecule has 0 radical (unpaired) electrons. The molecule has 3 N–H and O–H groups in total. The van der Waals surface area contributed by atoms with Crippen molar-refractivity contribution >= 4 is 11.6 Å². The molecular weight excluding hydrogens is 252 g/mol. The van der Waals surface area contributed by atoms with Crippen LogP contribution in [0.15, 0.2) is 6.33 Å². The lowest BCUT2D eigenvalue weighted by Gasteiger charge is -2.40. The molecule has 0 amide bonds. The second-order valence-corrected chi connectivity index (χ2v) is 6.69. The quantitative estimate of drug-likeness (QED) is 0.789. The summed E-state index contributed by atoms with van der Waals surface area (Å²) in [6, 6.07) is 0. The predicted molar refractivity (Wildman–Crippen MR) is 82.0 cm³/mol. The summed E-state index contributed by atoms with van der Waals surface area (Å²) < 4.78 is 0. The van der Waals surface area contributed by atoms with Crippen LogP contribution < -0.4 is 10.6 Å². The van der Waals surface area contributed by atoms with E-state index in [1.54, 1.807) is 0 Å². The van der Waals surface area contributed by atoms with Crippen LogP contribution in [0.1, 0.15) is 45.1 Å². The largest absolute Gasteiger partial charge is 0.388 e. The molecule has 1 saturated carbocycles. The van der Waals surface area contributed by atoms with Crippen LogP contribution in [0, 0.1) is 12.3 Å². The summed E-state index contributed by atoms with van der Waals surface area (Å²) in [7, 11) is 1.84. The smallest absolute Gasteiger partial charge is 0.134 e. The fourth-order valence-corrected chi connectivity index (χ4v) is 2.70. The molecule has 0 saturated heterocycles. The molecule has 5 nitrogen and oxygen atoms in total. The van der Waals surface area contributed by atoms with Crippen molar-refractivity contribution in [3.63, 3.8) is 0 Å². The lowest BCUT2D eigenvalue weighted by molar-refractivity contribution is -0.0146. The van der Waals surface area contributed by atoms with E-state index in [2.05, 4.69) is 34.4 Å². The molecule has 0 unspecified atom stereocenters. The van der Waals surface area contributed by atoms with E-state index < -0.39 is 5.60 Å². The van der Waals surface area contributed by atoms with Crippen molar-refractivity contribution < 1.29 is 5.11 Å². The van der Waals surface area contributed by atoms with E-state index in [0.29, 0.717) is 12.0 Å². The van der Waals surface area contributed by atoms with E-state index in [1.807, 2.05) is 14.0 Å². The Hall–Kier alpha value is -1.36. The van der Waals surface area contributed by atoms with E-state index in [9.17, 15) is 5.11 Å². The Morgan fingerprint density at radius 2 is 1.75 bits per heavy atom. The lowest BCUT2D eigenvalue weighted by atomic mass is 9.71. The van der Waals surface area contributed by atoms with Gasteiger partial charge in [-0.2, -0.15) is 0 Å². The molecule has 0 atom stereocenters. The topological polar surface area (TPSA) is 70.1 Å². The van der Waals surface area contributed by atoms with Gasteiger partial charge >= 0.3 is 0 Å². The van der Waals surface area contributed by atoms with Gasteiger partial charge in [0.25, 0.3) is 0 Å². The maximum atomic E-state index is 10.7. The first-order chi connectivity index (χ1) is 9.35. The summed E-state index contributed by atoms with van der Waals surface area (Å²) in [6.07, 6.45) is 5.35. The van der Waals surface area contributed by atoms with Crippen LogP contribution >= 0.6 is 0 Å². The van der Waals surface area contributed by atoms with Crippen molar-refractivity contribution in [1.29, 1.82) is 0 Å². The maximum absolute atomic E-state index is 10.7. The molecule has 0 aromatic carbocycles. The summed E-state index contributed by atoms with van der Waals surface area (Å²) in [4.78, 5) is 8.42. The van der Waals surface area contributed by atoms with Gasteiger partial charge in [0, 0.05) is 19.2 Å². The fourth-order valence-electron chi connectivity index (χ4n) is 2.70. The average molecular weight is 278 g/mol. The van der Waals surface area contributed by atoms with Crippen molar-refractivity contribution in [1.82, 2.24) is 9.97 Å². The molecule has 5 heteroatoms. The molecule has 1 aliphatic carbocycles. The van der Waals surface area contributed by atoms with E-state index >= 15 is 0 Å². The van der Waals surface area contributed by atoms with Gasteiger partial charge in [0.1, 0.15) is 18.0 Å². The number of rotatable bonds is 4. The van der Waals surface area contributed by atoms with Crippen molar-refractivity contribution in [2.45, 2.75) is 52.1 Å². The van der Waals surface area contributed by atoms with Gasteiger partial charge in [-0.1, -0.05) is 13.8 Å². The Morgan fingerprint density at radius 1 is 1.15 bits per heavy atom. The second kappa shape index (κ2) is 5.56. The predicted octanol–water partition coefficient (Wildman–Crippen LogP) is 2.57. The second-order valence-electron chi connectivity index (χ2n) is 6.69. The van der Waals surface area contributed by atoms with E-state index in [1.165, 1.54) is 6.33 Å².